The molecule has 0 amide bonds. The molecule has 0 spiro atoms. The van der Waals surface area contributed by atoms with Crippen molar-refractivity contribution in [3.63, 3.8) is 0 Å². The Kier molecular flexibility index (Phi) is 2.86. The number of hydrogen-bond acceptors (Lipinski definition) is 0. The van der Waals surface area contributed by atoms with E-state index in [1.165, 1.54) is 18.2 Å². The lowest BCUT2D eigenvalue weighted by Gasteiger charge is -2.22. The predicted molar refractivity (Wildman–Crippen MR) is 70.5 cm³/mol. The van der Waals surface area contributed by atoms with E-state index < -0.39 is 5.82 Å². The fourth-order valence-corrected chi connectivity index (χ4v) is 2.15. The highest BCUT2D eigenvalue weighted by Crippen LogP contribution is 2.34. The minimum absolute atomic E-state index is 0.136. The van der Waals surface area contributed by atoms with Gasteiger partial charge in [-0.05, 0) is 29.2 Å². The molecule has 0 fully saturated rings. The summed E-state index contributed by atoms with van der Waals surface area (Å²) in [4.78, 5) is 0. The smallest absolute Gasteiger partial charge is 0.139 e. The molecule has 2 heteroatoms. The molecule has 0 N–H and O–H groups in total. The Hall–Kier alpha value is -1.88. The van der Waals surface area contributed by atoms with E-state index in [1.807, 2.05) is 20.8 Å². The zero-order valence-corrected chi connectivity index (χ0v) is 10.6. The number of rotatable bonds is 0. The molecule has 2 aromatic carbocycles. The molecule has 0 aliphatic carbocycles. The minimum atomic E-state index is -0.485. The molecule has 0 radical (unpaired) electrons. The molecule has 0 heterocycles. The van der Waals surface area contributed by atoms with E-state index in [0.717, 1.165) is 5.56 Å². The Morgan fingerprint density at radius 2 is 1.61 bits per heavy atom. The molecule has 0 atom stereocenters. The molecular weight excluding hydrogens is 230 g/mol. The minimum Gasteiger partial charge on any atom is -0.206 e. The highest BCUT2D eigenvalue weighted by Gasteiger charge is 2.21. The van der Waals surface area contributed by atoms with Gasteiger partial charge in [0.25, 0.3) is 0 Å². The number of halogens is 2. The molecule has 92 valence electrons. The summed E-state index contributed by atoms with van der Waals surface area (Å²) in [5, 5.41) is 0.877. The van der Waals surface area contributed by atoms with Crippen LogP contribution in [0.5, 0.6) is 0 Å². The average molecular weight is 244 g/mol. The third-order valence-electron chi connectivity index (χ3n) is 3.03. The van der Waals surface area contributed by atoms with Crippen LogP contribution in [0.4, 0.5) is 8.78 Å². The topological polar surface area (TPSA) is 0 Å². The van der Waals surface area contributed by atoms with Gasteiger partial charge in [0.15, 0.2) is 0 Å². The summed E-state index contributed by atoms with van der Waals surface area (Å²) in [6.45, 7) is 5.97. The van der Waals surface area contributed by atoms with Crippen LogP contribution in [0.1, 0.15) is 31.9 Å². The summed E-state index contributed by atoms with van der Waals surface area (Å²) < 4.78 is 27.6. The van der Waals surface area contributed by atoms with Crippen molar-refractivity contribution in [2.24, 2.45) is 0 Å². The third-order valence-corrected chi connectivity index (χ3v) is 3.03. The zero-order valence-electron chi connectivity index (χ0n) is 10.6. The van der Waals surface area contributed by atoms with E-state index in [1.54, 1.807) is 6.07 Å². The second-order valence-corrected chi connectivity index (χ2v) is 5.33. The quantitative estimate of drug-likeness (QED) is 0.603. The number of hydrogen-bond donors (Lipinski definition) is 0. The molecular formula is C16H14F2. The first-order valence-electron chi connectivity index (χ1n) is 5.74. The van der Waals surface area contributed by atoms with Gasteiger partial charge in [0.1, 0.15) is 11.6 Å². The van der Waals surface area contributed by atoms with Gasteiger partial charge in [-0.25, -0.2) is 8.78 Å². The summed E-state index contributed by atoms with van der Waals surface area (Å²) in [6, 6.07) is 5.74. The van der Waals surface area contributed by atoms with Gasteiger partial charge in [0, 0.05) is 10.8 Å². The van der Waals surface area contributed by atoms with Crippen LogP contribution >= 0.6 is 0 Å². The number of terminal acetylenes is 1. The molecule has 0 bridgehead atoms. The molecule has 0 nitrogen and oxygen atoms in total. The van der Waals surface area contributed by atoms with Gasteiger partial charge in [-0.3, -0.25) is 0 Å². The molecule has 0 unspecified atom stereocenters. The van der Waals surface area contributed by atoms with Gasteiger partial charge in [-0.2, -0.15) is 0 Å². The first-order valence-corrected chi connectivity index (χ1v) is 5.74. The zero-order chi connectivity index (χ0) is 13.5. The summed E-state index contributed by atoms with van der Waals surface area (Å²) >= 11 is 0. The van der Waals surface area contributed by atoms with Gasteiger partial charge in [-0.1, -0.05) is 32.8 Å². The van der Waals surface area contributed by atoms with Crippen LogP contribution in [0.2, 0.25) is 0 Å². The maximum Gasteiger partial charge on any atom is 0.139 e. The summed E-state index contributed by atoms with van der Waals surface area (Å²) in [6.07, 6.45) is 5.37. The molecule has 0 aliphatic heterocycles. The van der Waals surface area contributed by atoms with Crippen LogP contribution in [-0.2, 0) is 5.41 Å². The molecule has 2 rings (SSSR count). The lowest BCUT2D eigenvalue weighted by molar-refractivity contribution is 0.589. The standard InChI is InChI=1S/C16H14F2/c1-5-10-13(17)8-6-11-14(18)9-7-12(15(10)11)16(2,3)4/h1,6-9H,2-4H3. The monoisotopic (exact) mass is 244 g/mol. The van der Waals surface area contributed by atoms with Crippen molar-refractivity contribution in [1.29, 1.82) is 0 Å². The average Bonchev–Trinajstić information content (AvgIpc) is 2.27. The summed E-state index contributed by atoms with van der Waals surface area (Å²) in [5.41, 5.74) is 0.758. The molecule has 0 saturated carbocycles. The predicted octanol–water partition coefficient (Wildman–Crippen LogP) is 4.40. The molecule has 18 heavy (non-hydrogen) atoms. The molecule has 0 aliphatic rings. The highest BCUT2D eigenvalue weighted by molar-refractivity contribution is 5.92. The second kappa shape index (κ2) is 4.10. The van der Waals surface area contributed by atoms with Gasteiger partial charge < -0.3 is 0 Å². The molecule has 0 aromatic heterocycles. The Balaban J connectivity index is 3.03. The van der Waals surface area contributed by atoms with E-state index >= 15 is 0 Å². The van der Waals surface area contributed by atoms with Gasteiger partial charge >= 0.3 is 0 Å². The van der Waals surface area contributed by atoms with Crippen LogP contribution in [-0.4, -0.2) is 0 Å². The fraction of sp³-hybridized carbons (Fsp3) is 0.250. The van der Waals surface area contributed by atoms with Crippen LogP contribution in [0, 0.1) is 24.0 Å². The maximum absolute atomic E-state index is 13.8. The molecule has 0 saturated heterocycles. The van der Waals surface area contributed by atoms with E-state index in [-0.39, 0.29) is 16.8 Å². The van der Waals surface area contributed by atoms with Crippen LogP contribution in [0.25, 0.3) is 10.8 Å². The maximum atomic E-state index is 13.8. The van der Waals surface area contributed by atoms with E-state index in [0.29, 0.717) is 10.8 Å². The Morgan fingerprint density at radius 1 is 1.00 bits per heavy atom. The van der Waals surface area contributed by atoms with Crippen molar-refractivity contribution in [2.75, 3.05) is 0 Å². The van der Waals surface area contributed by atoms with Crippen LogP contribution in [0.3, 0.4) is 0 Å². The van der Waals surface area contributed by atoms with Crippen molar-refractivity contribution in [3.05, 3.63) is 47.0 Å². The third kappa shape index (κ3) is 1.86. The lowest BCUT2D eigenvalue weighted by Crippen LogP contribution is -2.13. The normalized spacial score (nSPS) is 11.6. The Bertz CT molecular complexity index is 655. The Morgan fingerprint density at radius 3 is 2.17 bits per heavy atom. The number of fused-ring (bicyclic) bond motifs is 1. The summed E-state index contributed by atoms with van der Waals surface area (Å²) in [7, 11) is 0. The second-order valence-electron chi connectivity index (χ2n) is 5.33. The van der Waals surface area contributed by atoms with E-state index in [9.17, 15) is 8.78 Å². The fourth-order valence-electron chi connectivity index (χ4n) is 2.15. The van der Waals surface area contributed by atoms with Crippen LogP contribution < -0.4 is 0 Å². The highest BCUT2D eigenvalue weighted by atomic mass is 19.1. The SMILES string of the molecule is C#Cc1c(F)ccc2c(F)ccc(C(C)(C)C)c12. The number of benzene rings is 2. The molecule has 2 aromatic rings. The van der Waals surface area contributed by atoms with Gasteiger partial charge in [0.05, 0.1) is 5.56 Å². The Labute approximate surface area is 106 Å². The van der Waals surface area contributed by atoms with Crippen molar-refractivity contribution in [3.8, 4) is 12.3 Å². The van der Waals surface area contributed by atoms with Crippen molar-refractivity contribution >= 4 is 10.8 Å². The van der Waals surface area contributed by atoms with E-state index in [2.05, 4.69) is 5.92 Å². The van der Waals surface area contributed by atoms with Crippen molar-refractivity contribution in [1.82, 2.24) is 0 Å². The van der Waals surface area contributed by atoms with E-state index in [4.69, 9.17) is 6.42 Å². The van der Waals surface area contributed by atoms with Gasteiger partial charge in [0.2, 0.25) is 0 Å². The summed E-state index contributed by atoms with van der Waals surface area (Å²) in [5.74, 6) is 1.47. The van der Waals surface area contributed by atoms with Crippen molar-refractivity contribution < 1.29 is 8.78 Å². The first-order chi connectivity index (χ1) is 8.36. The van der Waals surface area contributed by atoms with Gasteiger partial charge in [-0.15, -0.1) is 6.42 Å². The first kappa shape index (κ1) is 12.6. The lowest BCUT2D eigenvalue weighted by atomic mass is 9.82. The van der Waals surface area contributed by atoms with Crippen LogP contribution in [0.15, 0.2) is 24.3 Å². The largest absolute Gasteiger partial charge is 0.206 e. The van der Waals surface area contributed by atoms with Crippen molar-refractivity contribution in [2.45, 2.75) is 26.2 Å².